The Bertz CT molecular complexity index is 1080. The van der Waals surface area contributed by atoms with Crippen molar-refractivity contribution < 1.29 is 9.90 Å². The Kier molecular flexibility index (Phi) is 6.26. The molecular formula is C24H27N3O3. The molecule has 1 aromatic heterocycles. The number of nitrogens with one attached hydrogen (secondary N) is 2. The summed E-state index contributed by atoms with van der Waals surface area (Å²) in [5.74, 6) is 0.126. The van der Waals surface area contributed by atoms with E-state index in [0.29, 0.717) is 44.4 Å². The van der Waals surface area contributed by atoms with Crippen molar-refractivity contribution in [3.63, 3.8) is 0 Å². The topological polar surface area (TPSA) is 85.4 Å². The summed E-state index contributed by atoms with van der Waals surface area (Å²) in [7, 11) is 0. The number of fused-ring (bicyclic) bond motifs is 3. The second kappa shape index (κ2) is 9.24. The monoisotopic (exact) mass is 405 g/mol. The van der Waals surface area contributed by atoms with E-state index in [4.69, 9.17) is 0 Å². The lowest BCUT2D eigenvalue weighted by atomic mass is 9.98. The molecule has 4 rings (SSSR count). The molecule has 2 heterocycles. The summed E-state index contributed by atoms with van der Waals surface area (Å²) in [6, 6.07) is 17.1. The lowest BCUT2D eigenvalue weighted by Gasteiger charge is -2.29. The van der Waals surface area contributed by atoms with Gasteiger partial charge in [-0.05, 0) is 35.5 Å². The van der Waals surface area contributed by atoms with Crippen molar-refractivity contribution in [2.24, 2.45) is 0 Å². The van der Waals surface area contributed by atoms with Gasteiger partial charge in [0, 0.05) is 43.6 Å². The van der Waals surface area contributed by atoms with Crippen LogP contribution in [0.25, 0.3) is 10.8 Å². The zero-order chi connectivity index (χ0) is 20.9. The first-order valence-electron chi connectivity index (χ1n) is 10.5. The molecule has 1 atom stereocenters. The number of hydrogen-bond acceptors (Lipinski definition) is 4. The van der Waals surface area contributed by atoms with Gasteiger partial charge < -0.3 is 20.3 Å². The van der Waals surface area contributed by atoms with Crippen LogP contribution < -0.4 is 10.9 Å². The molecule has 0 aliphatic carbocycles. The van der Waals surface area contributed by atoms with Crippen molar-refractivity contribution in [2.45, 2.75) is 31.9 Å². The SMILES string of the molecule is O=C(CCCNCC(O)c1ccccc1)N1CCc2[nH]c(=O)c3ccccc3c2C1. The maximum absolute atomic E-state index is 12.7. The van der Waals surface area contributed by atoms with E-state index in [1.54, 1.807) is 0 Å². The van der Waals surface area contributed by atoms with E-state index in [-0.39, 0.29) is 11.5 Å². The average molecular weight is 405 g/mol. The zero-order valence-corrected chi connectivity index (χ0v) is 16.9. The van der Waals surface area contributed by atoms with Crippen LogP contribution in [0, 0.1) is 0 Å². The van der Waals surface area contributed by atoms with Crippen LogP contribution in [0.5, 0.6) is 0 Å². The van der Waals surface area contributed by atoms with Crippen molar-refractivity contribution in [1.29, 1.82) is 0 Å². The van der Waals surface area contributed by atoms with Gasteiger partial charge in [-0.15, -0.1) is 0 Å². The number of rotatable bonds is 7. The molecule has 30 heavy (non-hydrogen) atoms. The van der Waals surface area contributed by atoms with Crippen LogP contribution in [0.1, 0.15) is 35.8 Å². The molecule has 0 spiro atoms. The molecule has 1 aliphatic heterocycles. The Morgan fingerprint density at radius 3 is 2.63 bits per heavy atom. The van der Waals surface area contributed by atoms with Crippen molar-refractivity contribution in [2.75, 3.05) is 19.6 Å². The molecule has 3 N–H and O–H groups in total. The Morgan fingerprint density at radius 1 is 1.10 bits per heavy atom. The molecule has 6 nitrogen and oxygen atoms in total. The Hall–Kier alpha value is -2.96. The number of H-pyrrole nitrogens is 1. The van der Waals surface area contributed by atoms with Gasteiger partial charge in [0.2, 0.25) is 5.91 Å². The van der Waals surface area contributed by atoms with Crippen LogP contribution >= 0.6 is 0 Å². The Morgan fingerprint density at radius 2 is 1.83 bits per heavy atom. The molecule has 3 aromatic rings. The largest absolute Gasteiger partial charge is 0.387 e. The van der Waals surface area contributed by atoms with Crippen LogP contribution in [0.2, 0.25) is 0 Å². The third-order valence-corrected chi connectivity index (χ3v) is 5.73. The molecule has 1 amide bonds. The fourth-order valence-corrected chi connectivity index (χ4v) is 4.06. The van der Waals surface area contributed by atoms with Gasteiger partial charge in [-0.3, -0.25) is 9.59 Å². The summed E-state index contributed by atoms with van der Waals surface area (Å²) in [6.07, 6.45) is 1.31. The van der Waals surface area contributed by atoms with Gasteiger partial charge in [0.25, 0.3) is 5.56 Å². The minimum absolute atomic E-state index is 0.0621. The fraction of sp³-hybridized carbons (Fsp3) is 0.333. The van der Waals surface area contributed by atoms with Gasteiger partial charge in [0.15, 0.2) is 0 Å². The second-order valence-corrected chi connectivity index (χ2v) is 7.76. The van der Waals surface area contributed by atoms with Gasteiger partial charge in [0.05, 0.1) is 6.10 Å². The second-order valence-electron chi connectivity index (χ2n) is 7.76. The number of aromatic amines is 1. The summed E-state index contributed by atoms with van der Waals surface area (Å²) in [5.41, 5.74) is 2.82. The highest BCUT2D eigenvalue weighted by Gasteiger charge is 2.23. The quantitative estimate of drug-likeness (QED) is 0.528. The minimum Gasteiger partial charge on any atom is -0.387 e. The first-order chi connectivity index (χ1) is 14.6. The van der Waals surface area contributed by atoms with E-state index < -0.39 is 6.10 Å². The van der Waals surface area contributed by atoms with Crippen molar-refractivity contribution in [3.05, 3.63) is 81.8 Å². The number of nitrogens with zero attached hydrogens (tertiary/aromatic N) is 1. The van der Waals surface area contributed by atoms with E-state index in [0.717, 1.165) is 28.6 Å². The number of benzene rings is 2. The molecule has 156 valence electrons. The van der Waals surface area contributed by atoms with Crippen LogP contribution in [-0.2, 0) is 17.8 Å². The molecule has 0 saturated carbocycles. The number of amides is 1. The maximum atomic E-state index is 12.7. The van der Waals surface area contributed by atoms with Gasteiger partial charge in [-0.2, -0.15) is 0 Å². The predicted octanol–water partition coefficient (Wildman–Crippen LogP) is 2.52. The first kappa shape index (κ1) is 20.3. The van der Waals surface area contributed by atoms with E-state index in [2.05, 4.69) is 10.3 Å². The third kappa shape index (κ3) is 4.45. The molecular weight excluding hydrogens is 378 g/mol. The minimum atomic E-state index is -0.545. The number of aliphatic hydroxyl groups is 1. The molecule has 1 unspecified atom stereocenters. The summed E-state index contributed by atoms with van der Waals surface area (Å²) in [6.45, 7) is 2.30. The maximum Gasteiger partial charge on any atom is 0.256 e. The van der Waals surface area contributed by atoms with E-state index in [9.17, 15) is 14.7 Å². The highest BCUT2D eigenvalue weighted by molar-refractivity contribution is 5.86. The molecule has 2 aromatic carbocycles. The number of hydrogen-bond donors (Lipinski definition) is 3. The lowest BCUT2D eigenvalue weighted by molar-refractivity contribution is -0.132. The molecule has 0 bridgehead atoms. The van der Waals surface area contributed by atoms with Gasteiger partial charge in [-0.25, -0.2) is 0 Å². The Balaban J connectivity index is 1.28. The smallest absolute Gasteiger partial charge is 0.256 e. The van der Waals surface area contributed by atoms with Crippen molar-refractivity contribution in [1.82, 2.24) is 15.2 Å². The van der Waals surface area contributed by atoms with E-state index in [1.807, 2.05) is 59.5 Å². The summed E-state index contributed by atoms with van der Waals surface area (Å²) in [5, 5.41) is 15.0. The van der Waals surface area contributed by atoms with Crippen LogP contribution in [0.15, 0.2) is 59.4 Å². The summed E-state index contributed by atoms with van der Waals surface area (Å²) >= 11 is 0. The summed E-state index contributed by atoms with van der Waals surface area (Å²) < 4.78 is 0. The highest BCUT2D eigenvalue weighted by Crippen LogP contribution is 2.24. The number of aromatic nitrogens is 1. The number of carbonyl (C=O) groups is 1. The van der Waals surface area contributed by atoms with Crippen LogP contribution in [0.3, 0.4) is 0 Å². The zero-order valence-electron chi connectivity index (χ0n) is 16.9. The van der Waals surface area contributed by atoms with Gasteiger partial charge in [-0.1, -0.05) is 48.5 Å². The molecule has 1 aliphatic rings. The van der Waals surface area contributed by atoms with Crippen molar-refractivity contribution >= 4 is 16.7 Å². The third-order valence-electron chi connectivity index (χ3n) is 5.73. The van der Waals surface area contributed by atoms with Gasteiger partial charge in [0.1, 0.15) is 0 Å². The van der Waals surface area contributed by atoms with Crippen molar-refractivity contribution in [3.8, 4) is 0 Å². The van der Waals surface area contributed by atoms with Gasteiger partial charge >= 0.3 is 0 Å². The first-order valence-corrected chi connectivity index (χ1v) is 10.5. The summed E-state index contributed by atoms with van der Waals surface area (Å²) in [4.78, 5) is 29.8. The average Bonchev–Trinajstić information content (AvgIpc) is 2.79. The standard InChI is InChI=1S/C24H27N3O3/c28-22(17-7-2-1-3-8-17)15-25-13-6-11-23(29)27-14-12-21-20(16-27)18-9-4-5-10-19(18)24(30)26-21/h1-5,7-10,22,25,28H,6,11-16H2,(H,26,30). The molecule has 0 radical (unpaired) electrons. The predicted molar refractivity (Wildman–Crippen MR) is 117 cm³/mol. The number of aliphatic hydroxyl groups excluding tert-OH is 1. The molecule has 0 fully saturated rings. The molecule has 6 heteroatoms. The number of pyridine rings is 1. The molecule has 0 saturated heterocycles. The van der Waals surface area contributed by atoms with E-state index in [1.165, 1.54) is 0 Å². The van der Waals surface area contributed by atoms with Crippen LogP contribution in [0.4, 0.5) is 0 Å². The number of carbonyl (C=O) groups excluding carboxylic acids is 1. The van der Waals surface area contributed by atoms with Crippen LogP contribution in [-0.4, -0.2) is 40.5 Å². The fourth-order valence-electron chi connectivity index (χ4n) is 4.06. The van der Waals surface area contributed by atoms with E-state index >= 15 is 0 Å². The normalized spacial score (nSPS) is 14.5. The Labute approximate surface area is 175 Å². The lowest BCUT2D eigenvalue weighted by Crippen LogP contribution is -2.37. The highest BCUT2D eigenvalue weighted by atomic mass is 16.3.